The van der Waals surface area contributed by atoms with Gasteiger partial charge in [-0.1, -0.05) is 0 Å². The number of halogens is 1. The number of thiocarbonyl (C=S) groups is 1. The maximum Gasteiger partial charge on any atom is 0.306 e. The molecule has 0 aromatic heterocycles. The maximum absolute atomic E-state index is 13.3. The van der Waals surface area contributed by atoms with E-state index >= 15 is 0 Å². The van der Waals surface area contributed by atoms with Gasteiger partial charge >= 0.3 is 5.69 Å². The lowest BCUT2D eigenvalue weighted by Gasteiger charge is -2.10. The molecule has 0 unspecified atom stereocenters. The van der Waals surface area contributed by atoms with Gasteiger partial charge < -0.3 is 14.8 Å². The van der Waals surface area contributed by atoms with Crippen LogP contribution in [0.4, 0.5) is 15.8 Å². The van der Waals surface area contributed by atoms with Crippen LogP contribution in [0.2, 0.25) is 0 Å². The number of benzene rings is 2. The summed E-state index contributed by atoms with van der Waals surface area (Å²) >= 11 is 4.99. The Morgan fingerprint density at radius 2 is 1.96 bits per heavy atom. The molecule has 25 heavy (non-hydrogen) atoms. The highest BCUT2D eigenvalue weighted by atomic mass is 32.1. The standard InChI is InChI=1S/C15H10FN3O5S/c16-10-3-2-9(6-11(10)19(21)22)17-15(25)18-14(20)8-1-4-12-13(5-8)24-7-23-12/h1-6H,7H2,(H2,17,18,20,25). The molecule has 1 aliphatic rings. The fourth-order valence-corrected chi connectivity index (χ4v) is 2.32. The summed E-state index contributed by atoms with van der Waals surface area (Å²) in [6.45, 7) is 0.0870. The van der Waals surface area contributed by atoms with E-state index in [0.29, 0.717) is 17.1 Å². The van der Waals surface area contributed by atoms with Crippen molar-refractivity contribution in [1.29, 1.82) is 0 Å². The molecule has 2 aromatic rings. The van der Waals surface area contributed by atoms with Crippen molar-refractivity contribution < 1.29 is 23.6 Å². The van der Waals surface area contributed by atoms with E-state index in [2.05, 4.69) is 10.6 Å². The molecule has 1 aliphatic heterocycles. The van der Waals surface area contributed by atoms with E-state index in [-0.39, 0.29) is 17.6 Å². The van der Waals surface area contributed by atoms with Gasteiger partial charge in [0.15, 0.2) is 16.6 Å². The number of anilines is 1. The highest BCUT2D eigenvalue weighted by Crippen LogP contribution is 2.32. The first-order chi connectivity index (χ1) is 11.9. The molecule has 0 atom stereocenters. The van der Waals surface area contributed by atoms with Crippen LogP contribution in [0.5, 0.6) is 11.5 Å². The second-order valence-electron chi connectivity index (χ2n) is 4.90. The molecule has 0 fully saturated rings. The Labute approximate surface area is 145 Å². The second kappa shape index (κ2) is 6.69. The Balaban J connectivity index is 1.67. The van der Waals surface area contributed by atoms with Gasteiger partial charge in [-0.15, -0.1) is 0 Å². The molecule has 0 saturated carbocycles. The summed E-state index contributed by atoms with van der Waals surface area (Å²) < 4.78 is 23.6. The number of carbonyl (C=O) groups is 1. The van der Waals surface area contributed by atoms with Gasteiger partial charge in [0.05, 0.1) is 4.92 Å². The second-order valence-corrected chi connectivity index (χ2v) is 5.31. The zero-order valence-electron chi connectivity index (χ0n) is 12.4. The average molecular weight is 363 g/mol. The average Bonchev–Trinajstić information content (AvgIpc) is 3.03. The lowest BCUT2D eigenvalue weighted by molar-refractivity contribution is -0.387. The minimum Gasteiger partial charge on any atom is -0.454 e. The zero-order chi connectivity index (χ0) is 18.0. The number of fused-ring (bicyclic) bond motifs is 1. The summed E-state index contributed by atoms with van der Waals surface area (Å²) in [5.41, 5.74) is -0.238. The molecule has 0 saturated heterocycles. The highest BCUT2D eigenvalue weighted by molar-refractivity contribution is 7.80. The summed E-state index contributed by atoms with van der Waals surface area (Å²) in [6, 6.07) is 7.81. The van der Waals surface area contributed by atoms with E-state index in [1.165, 1.54) is 18.2 Å². The summed E-state index contributed by atoms with van der Waals surface area (Å²) in [5.74, 6) is -0.491. The summed E-state index contributed by atoms with van der Waals surface area (Å²) in [7, 11) is 0. The van der Waals surface area contributed by atoms with Crippen molar-refractivity contribution in [3.8, 4) is 11.5 Å². The van der Waals surface area contributed by atoms with Gasteiger partial charge in [-0.05, 0) is 42.5 Å². The number of rotatable bonds is 3. The zero-order valence-corrected chi connectivity index (χ0v) is 13.3. The topological polar surface area (TPSA) is 103 Å². The maximum atomic E-state index is 13.3. The number of carbonyl (C=O) groups excluding carboxylic acids is 1. The highest BCUT2D eigenvalue weighted by Gasteiger charge is 2.18. The smallest absolute Gasteiger partial charge is 0.306 e. The molecule has 10 heteroatoms. The Hall–Kier alpha value is -3.27. The lowest BCUT2D eigenvalue weighted by Crippen LogP contribution is -2.34. The Kier molecular flexibility index (Phi) is 4.44. The van der Waals surface area contributed by atoms with Gasteiger partial charge in [-0.25, -0.2) is 0 Å². The van der Waals surface area contributed by atoms with Crippen LogP contribution >= 0.6 is 12.2 Å². The number of amides is 1. The van der Waals surface area contributed by atoms with Crippen molar-refractivity contribution in [1.82, 2.24) is 5.32 Å². The Bertz CT molecular complexity index is 889. The van der Waals surface area contributed by atoms with Crippen LogP contribution < -0.4 is 20.1 Å². The van der Waals surface area contributed by atoms with Crippen molar-refractivity contribution in [3.63, 3.8) is 0 Å². The molecule has 0 aliphatic carbocycles. The third-order valence-corrected chi connectivity index (χ3v) is 3.47. The number of nitrogens with zero attached hydrogens (tertiary/aromatic N) is 1. The molecule has 1 amide bonds. The monoisotopic (exact) mass is 363 g/mol. The Morgan fingerprint density at radius 3 is 2.72 bits per heavy atom. The number of nitro groups is 1. The SMILES string of the molecule is O=C(NC(=S)Nc1ccc(F)c([N+](=O)[O-])c1)c1ccc2c(c1)OCO2. The lowest BCUT2D eigenvalue weighted by atomic mass is 10.2. The predicted molar refractivity (Wildman–Crippen MR) is 89.3 cm³/mol. The van der Waals surface area contributed by atoms with Gasteiger partial charge in [0, 0.05) is 17.3 Å². The van der Waals surface area contributed by atoms with Crippen molar-refractivity contribution in [2.24, 2.45) is 0 Å². The first kappa shape index (κ1) is 16.6. The van der Waals surface area contributed by atoms with Crippen molar-refractivity contribution in [2.75, 3.05) is 12.1 Å². The third kappa shape index (κ3) is 3.63. The molecule has 8 nitrogen and oxygen atoms in total. The van der Waals surface area contributed by atoms with Crippen LogP contribution in [-0.2, 0) is 0 Å². The van der Waals surface area contributed by atoms with Crippen LogP contribution in [0.25, 0.3) is 0 Å². The molecule has 3 rings (SSSR count). The van der Waals surface area contributed by atoms with E-state index in [0.717, 1.165) is 12.1 Å². The normalized spacial score (nSPS) is 11.7. The molecule has 2 N–H and O–H groups in total. The molecule has 0 radical (unpaired) electrons. The fraction of sp³-hybridized carbons (Fsp3) is 0.0667. The summed E-state index contributed by atoms with van der Waals surface area (Å²) in [6.07, 6.45) is 0. The first-order valence-electron chi connectivity index (χ1n) is 6.90. The largest absolute Gasteiger partial charge is 0.454 e. The number of nitrogens with one attached hydrogen (secondary N) is 2. The molecule has 0 bridgehead atoms. The van der Waals surface area contributed by atoms with Crippen molar-refractivity contribution in [2.45, 2.75) is 0 Å². The van der Waals surface area contributed by atoms with Gasteiger partial charge in [0.25, 0.3) is 5.91 Å². The fourth-order valence-electron chi connectivity index (χ4n) is 2.11. The van der Waals surface area contributed by atoms with Crippen molar-refractivity contribution >= 4 is 34.6 Å². The molecule has 0 spiro atoms. The summed E-state index contributed by atoms with van der Waals surface area (Å²) in [5, 5.41) is 15.6. The van der Waals surface area contributed by atoms with Gasteiger partial charge in [0.1, 0.15) is 0 Å². The van der Waals surface area contributed by atoms with Crippen molar-refractivity contribution in [3.05, 3.63) is 57.9 Å². The van der Waals surface area contributed by atoms with E-state index in [1.54, 1.807) is 6.07 Å². The van der Waals surface area contributed by atoms with Gasteiger partial charge in [-0.2, -0.15) is 4.39 Å². The molecular formula is C15H10FN3O5S. The molecule has 1 heterocycles. The van der Waals surface area contributed by atoms with E-state index in [1.807, 2.05) is 0 Å². The minimum atomic E-state index is -0.967. The van der Waals surface area contributed by atoms with Crippen LogP contribution in [0.3, 0.4) is 0 Å². The summed E-state index contributed by atoms with van der Waals surface area (Å²) in [4.78, 5) is 22.0. The molecule has 128 valence electrons. The number of hydrogen-bond acceptors (Lipinski definition) is 6. The van der Waals surface area contributed by atoms with Crippen LogP contribution in [-0.4, -0.2) is 22.7 Å². The van der Waals surface area contributed by atoms with E-state index in [4.69, 9.17) is 21.7 Å². The van der Waals surface area contributed by atoms with Gasteiger partial charge in [-0.3, -0.25) is 20.2 Å². The first-order valence-corrected chi connectivity index (χ1v) is 7.31. The third-order valence-electron chi connectivity index (χ3n) is 3.26. The number of hydrogen-bond donors (Lipinski definition) is 2. The molecule has 2 aromatic carbocycles. The predicted octanol–water partition coefficient (Wildman–Crippen LogP) is 2.59. The minimum absolute atomic E-state index is 0.0870. The van der Waals surface area contributed by atoms with E-state index < -0.39 is 22.3 Å². The van der Waals surface area contributed by atoms with Crippen LogP contribution in [0.15, 0.2) is 36.4 Å². The quantitative estimate of drug-likeness (QED) is 0.491. The number of nitro benzene ring substituents is 1. The van der Waals surface area contributed by atoms with Crippen LogP contribution in [0.1, 0.15) is 10.4 Å². The van der Waals surface area contributed by atoms with E-state index in [9.17, 15) is 19.3 Å². The van der Waals surface area contributed by atoms with Gasteiger partial charge in [0.2, 0.25) is 12.6 Å². The van der Waals surface area contributed by atoms with Crippen LogP contribution in [0, 0.1) is 15.9 Å². The Morgan fingerprint density at radius 1 is 1.20 bits per heavy atom. The number of ether oxygens (including phenoxy) is 2. The molecular weight excluding hydrogens is 353 g/mol.